The van der Waals surface area contributed by atoms with Crippen molar-refractivity contribution in [3.8, 4) is 17.1 Å². The molecular weight excluding hydrogens is 300 g/mol. The first-order chi connectivity index (χ1) is 11.0. The summed E-state index contributed by atoms with van der Waals surface area (Å²) in [5, 5.41) is 22.8. The lowest BCUT2D eigenvalue weighted by Gasteiger charge is -2.18. The third kappa shape index (κ3) is 2.64. The molecule has 0 saturated heterocycles. The Morgan fingerprint density at radius 3 is 2.96 bits per heavy atom. The van der Waals surface area contributed by atoms with Gasteiger partial charge in [-0.2, -0.15) is 0 Å². The number of H-pyrrole nitrogens is 1. The first-order valence-electron chi connectivity index (χ1n) is 7.08. The molecule has 4 N–H and O–H groups in total. The second-order valence-corrected chi connectivity index (χ2v) is 5.04. The quantitative estimate of drug-likeness (QED) is 0.505. The Morgan fingerprint density at radius 1 is 1.43 bits per heavy atom. The molecule has 8 heteroatoms. The molecule has 1 aromatic carbocycles. The van der Waals surface area contributed by atoms with Crippen molar-refractivity contribution in [2.24, 2.45) is 4.99 Å². The number of carbonyl (C=O) groups is 1. The molecule has 0 amide bonds. The molecule has 1 aliphatic heterocycles. The van der Waals surface area contributed by atoms with Crippen molar-refractivity contribution in [2.75, 3.05) is 11.9 Å². The van der Waals surface area contributed by atoms with Crippen LogP contribution in [0.4, 0.5) is 5.69 Å². The number of hydrogen-bond donors (Lipinski definition) is 4. The molecule has 1 aliphatic rings. The second-order valence-electron chi connectivity index (χ2n) is 5.04. The lowest BCUT2D eigenvalue weighted by atomic mass is 10.0. The Morgan fingerprint density at radius 2 is 2.22 bits per heavy atom. The molecule has 0 saturated carbocycles. The van der Waals surface area contributed by atoms with Crippen LogP contribution in [-0.2, 0) is 4.74 Å². The molecule has 1 atom stereocenters. The number of ether oxygens (including phenoxy) is 1. The van der Waals surface area contributed by atoms with Gasteiger partial charge in [0.15, 0.2) is 11.9 Å². The lowest BCUT2D eigenvalue weighted by Crippen LogP contribution is -2.10. The van der Waals surface area contributed by atoms with E-state index in [1.807, 2.05) is 0 Å². The van der Waals surface area contributed by atoms with E-state index in [2.05, 4.69) is 20.3 Å². The zero-order chi connectivity index (χ0) is 16.6. The molecule has 1 aromatic heterocycles. The maximum absolute atomic E-state index is 11.8. The number of benzene rings is 1. The lowest BCUT2D eigenvalue weighted by molar-refractivity contribution is 0.0519. The number of aliphatic hydroxyl groups excluding tert-OH is 1. The minimum atomic E-state index is -1.07. The summed E-state index contributed by atoms with van der Waals surface area (Å²) in [4.78, 5) is 22.9. The summed E-state index contributed by atoms with van der Waals surface area (Å²) in [6.45, 7) is 3.69. The summed E-state index contributed by atoms with van der Waals surface area (Å²) in [6.07, 6.45) is 0.250. The van der Waals surface area contributed by atoms with Crippen LogP contribution in [0, 0.1) is 6.92 Å². The minimum absolute atomic E-state index is 0.0468. The summed E-state index contributed by atoms with van der Waals surface area (Å²) < 4.78 is 4.95. The molecule has 120 valence electrons. The molecule has 23 heavy (non-hydrogen) atoms. The smallest absolute Gasteiger partial charge is 0.358 e. The fourth-order valence-corrected chi connectivity index (χ4v) is 2.39. The van der Waals surface area contributed by atoms with E-state index in [0.29, 0.717) is 28.3 Å². The van der Waals surface area contributed by atoms with Gasteiger partial charge >= 0.3 is 5.97 Å². The summed E-state index contributed by atoms with van der Waals surface area (Å²) in [5.74, 6) is -0.166. The number of imidazole rings is 1. The van der Waals surface area contributed by atoms with Crippen molar-refractivity contribution in [3.05, 3.63) is 29.1 Å². The maximum Gasteiger partial charge on any atom is 0.358 e. The minimum Gasteiger partial charge on any atom is -0.506 e. The molecule has 2 heterocycles. The summed E-state index contributed by atoms with van der Waals surface area (Å²) >= 11 is 0. The van der Waals surface area contributed by atoms with Crippen LogP contribution in [0.25, 0.3) is 11.4 Å². The van der Waals surface area contributed by atoms with Gasteiger partial charge in [0.2, 0.25) is 0 Å². The van der Waals surface area contributed by atoms with Crippen LogP contribution < -0.4 is 5.32 Å². The number of nitrogens with zero attached hydrogens (tertiary/aromatic N) is 2. The Labute approximate surface area is 131 Å². The van der Waals surface area contributed by atoms with Crippen LogP contribution in [0.3, 0.4) is 0 Å². The van der Waals surface area contributed by atoms with Gasteiger partial charge < -0.3 is 25.3 Å². The van der Waals surface area contributed by atoms with Crippen molar-refractivity contribution >= 4 is 18.0 Å². The molecule has 0 spiro atoms. The van der Waals surface area contributed by atoms with Gasteiger partial charge in [0.25, 0.3) is 0 Å². The molecular formula is C15H16N4O4. The van der Waals surface area contributed by atoms with Gasteiger partial charge in [0, 0.05) is 16.8 Å². The largest absolute Gasteiger partial charge is 0.506 e. The predicted molar refractivity (Wildman–Crippen MR) is 83.5 cm³/mol. The average Bonchev–Trinajstić information content (AvgIpc) is 2.90. The summed E-state index contributed by atoms with van der Waals surface area (Å²) in [7, 11) is 0. The van der Waals surface area contributed by atoms with Gasteiger partial charge in [0.1, 0.15) is 11.6 Å². The Kier molecular flexibility index (Phi) is 3.75. The number of aliphatic imine (C=N–C) groups is 1. The average molecular weight is 316 g/mol. The van der Waals surface area contributed by atoms with E-state index < -0.39 is 12.2 Å². The molecule has 8 nitrogen and oxygen atoms in total. The Bertz CT molecular complexity index is 797. The van der Waals surface area contributed by atoms with E-state index in [1.54, 1.807) is 19.9 Å². The third-order valence-electron chi connectivity index (χ3n) is 3.48. The fraction of sp³-hybridized carbons (Fsp3) is 0.267. The number of hydrogen-bond acceptors (Lipinski definition) is 7. The normalized spacial score (nSPS) is 15.9. The number of aromatic nitrogens is 2. The Balaban J connectivity index is 2.04. The summed E-state index contributed by atoms with van der Waals surface area (Å²) in [6, 6.07) is 3.14. The number of rotatable bonds is 3. The van der Waals surface area contributed by atoms with E-state index in [1.165, 1.54) is 12.4 Å². The maximum atomic E-state index is 11.8. The number of phenolic OH excluding ortho intramolecular Hbond substituents is 1. The number of aromatic hydroxyl groups is 1. The number of aliphatic hydroxyl groups is 1. The number of aryl methyl sites for hydroxylation is 1. The summed E-state index contributed by atoms with van der Waals surface area (Å²) in [5.41, 5.74) is 2.10. The highest BCUT2D eigenvalue weighted by atomic mass is 16.5. The topological polar surface area (TPSA) is 120 Å². The molecule has 0 fully saturated rings. The number of phenols is 1. The van der Waals surface area contributed by atoms with Crippen LogP contribution in [0.2, 0.25) is 0 Å². The van der Waals surface area contributed by atoms with Crippen molar-refractivity contribution in [1.29, 1.82) is 0 Å². The van der Waals surface area contributed by atoms with Crippen LogP contribution in [0.15, 0.2) is 17.1 Å². The SMILES string of the molecule is CCOC(=O)c1nc(-c2cc(O)c3c(c2)C(O)N=CN3)[nH]c1C. The molecule has 3 rings (SSSR count). The van der Waals surface area contributed by atoms with E-state index in [-0.39, 0.29) is 18.1 Å². The number of aromatic amines is 1. The molecule has 2 aromatic rings. The number of esters is 1. The van der Waals surface area contributed by atoms with Crippen molar-refractivity contribution in [3.63, 3.8) is 0 Å². The monoisotopic (exact) mass is 316 g/mol. The number of fused-ring (bicyclic) bond motifs is 1. The Hall–Kier alpha value is -2.87. The van der Waals surface area contributed by atoms with Gasteiger partial charge in [-0.05, 0) is 26.0 Å². The van der Waals surface area contributed by atoms with Gasteiger partial charge in [0.05, 0.1) is 18.6 Å². The van der Waals surface area contributed by atoms with E-state index >= 15 is 0 Å². The highest BCUT2D eigenvalue weighted by Crippen LogP contribution is 2.38. The molecule has 1 unspecified atom stereocenters. The fourth-order valence-electron chi connectivity index (χ4n) is 2.39. The molecule has 0 radical (unpaired) electrons. The van der Waals surface area contributed by atoms with E-state index in [0.717, 1.165) is 0 Å². The second kappa shape index (κ2) is 5.73. The van der Waals surface area contributed by atoms with Crippen molar-refractivity contribution in [1.82, 2.24) is 9.97 Å². The standard InChI is InChI=1S/C15H16N4O4/c1-3-23-15(22)11-7(2)18-13(19-11)8-4-9-12(10(20)5-8)16-6-17-14(9)21/h4-6,14,20-21H,3H2,1-2H3,(H,16,17)(H,18,19). The first kappa shape index (κ1) is 15.0. The highest BCUT2D eigenvalue weighted by Gasteiger charge is 2.22. The first-order valence-corrected chi connectivity index (χ1v) is 7.08. The number of nitrogens with one attached hydrogen (secondary N) is 2. The third-order valence-corrected chi connectivity index (χ3v) is 3.48. The zero-order valence-electron chi connectivity index (χ0n) is 12.6. The van der Waals surface area contributed by atoms with Crippen LogP contribution in [0.1, 0.15) is 34.9 Å². The van der Waals surface area contributed by atoms with Crippen LogP contribution in [-0.4, -0.2) is 39.1 Å². The molecule has 0 bridgehead atoms. The number of anilines is 1. The van der Waals surface area contributed by atoms with Gasteiger partial charge in [-0.15, -0.1) is 0 Å². The van der Waals surface area contributed by atoms with Crippen molar-refractivity contribution in [2.45, 2.75) is 20.1 Å². The highest BCUT2D eigenvalue weighted by molar-refractivity contribution is 5.90. The number of carbonyl (C=O) groups excluding carboxylic acids is 1. The van der Waals surface area contributed by atoms with Crippen LogP contribution >= 0.6 is 0 Å². The van der Waals surface area contributed by atoms with Gasteiger partial charge in [-0.1, -0.05) is 0 Å². The van der Waals surface area contributed by atoms with Crippen molar-refractivity contribution < 1.29 is 19.7 Å². The van der Waals surface area contributed by atoms with E-state index in [4.69, 9.17) is 4.74 Å². The van der Waals surface area contributed by atoms with Gasteiger partial charge in [-0.3, -0.25) is 0 Å². The molecule has 0 aliphatic carbocycles. The van der Waals surface area contributed by atoms with Gasteiger partial charge in [-0.25, -0.2) is 14.8 Å². The van der Waals surface area contributed by atoms with Crippen LogP contribution in [0.5, 0.6) is 5.75 Å². The predicted octanol–water partition coefficient (Wildman–Crippen LogP) is 1.71. The zero-order valence-corrected chi connectivity index (χ0v) is 12.6. The van der Waals surface area contributed by atoms with E-state index in [9.17, 15) is 15.0 Å².